The van der Waals surface area contributed by atoms with Crippen LogP contribution in [0.5, 0.6) is 5.75 Å². The van der Waals surface area contributed by atoms with Crippen molar-refractivity contribution in [3.8, 4) is 5.75 Å². The zero-order valence-corrected chi connectivity index (χ0v) is 11.8. The van der Waals surface area contributed by atoms with Gasteiger partial charge in [0.1, 0.15) is 12.4 Å². The number of hydrogen-bond donors (Lipinski definition) is 0. The summed E-state index contributed by atoms with van der Waals surface area (Å²) in [5.41, 5.74) is 2.51. The van der Waals surface area contributed by atoms with Gasteiger partial charge >= 0.3 is 0 Å². The van der Waals surface area contributed by atoms with E-state index in [1.807, 2.05) is 12.1 Å². The number of aryl methyl sites for hydroxylation is 1. The number of halogens is 1. The Bertz CT molecular complexity index is 645. The highest BCUT2D eigenvalue weighted by atomic mass is 35.5. The first-order valence-corrected chi connectivity index (χ1v) is 7.26. The standard InChI is InChI=1S/C15H17ClN2O/c1-10-5-11-6-12(16)7-14-15(11)18(10)13(9-19-14)8-17-3-2-4-17/h5-7,13H,2-4,8-9H2,1H3. The first kappa shape index (κ1) is 11.6. The normalized spacial score (nSPS) is 22.3. The summed E-state index contributed by atoms with van der Waals surface area (Å²) < 4.78 is 8.37. The van der Waals surface area contributed by atoms with Gasteiger partial charge in [0, 0.05) is 28.7 Å². The van der Waals surface area contributed by atoms with Gasteiger partial charge in [0.2, 0.25) is 0 Å². The van der Waals surface area contributed by atoms with E-state index in [0.29, 0.717) is 6.04 Å². The first-order chi connectivity index (χ1) is 9.22. The third kappa shape index (κ3) is 1.76. The zero-order chi connectivity index (χ0) is 13.0. The molecule has 4 heteroatoms. The molecule has 19 heavy (non-hydrogen) atoms. The Labute approximate surface area is 117 Å². The Kier molecular flexibility index (Phi) is 2.54. The molecule has 3 nitrogen and oxygen atoms in total. The van der Waals surface area contributed by atoms with E-state index in [2.05, 4.69) is 22.5 Å². The SMILES string of the molecule is Cc1cc2cc(Cl)cc3c2n1C(CN1CCC1)CO3. The molecule has 2 aliphatic rings. The summed E-state index contributed by atoms with van der Waals surface area (Å²) in [6.45, 7) is 6.47. The number of benzene rings is 1. The molecular weight excluding hydrogens is 260 g/mol. The lowest BCUT2D eigenvalue weighted by atomic mass is 10.1. The van der Waals surface area contributed by atoms with Gasteiger partial charge in [-0.1, -0.05) is 11.6 Å². The van der Waals surface area contributed by atoms with Gasteiger partial charge in [-0.15, -0.1) is 0 Å². The van der Waals surface area contributed by atoms with Gasteiger partial charge in [0.05, 0.1) is 11.6 Å². The van der Waals surface area contributed by atoms with E-state index in [9.17, 15) is 0 Å². The van der Waals surface area contributed by atoms with Crippen LogP contribution in [0.2, 0.25) is 5.02 Å². The van der Waals surface area contributed by atoms with Crippen molar-refractivity contribution in [2.45, 2.75) is 19.4 Å². The minimum atomic E-state index is 0.423. The second-order valence-electron chi connectivity index (χ2n) is 5.62. The van der Waals surface area contributed by atoms with Gasteiger partial charge in [-0.05, 0) is 38.6 Å². The summed E-state index contributed by atoms with van der Waals surface area (Å²) in [5, 5.41) is 1.94. The molecule has 0 amide bonds. The number of rotatable bonds is 2. The Balaban J connectivity index is 1.82. The van der Waals surface area contributed by atoms with Crippen molar-refractivity contribution in [1.29, 1.82) is 0 Å². The van der Waals surface area contributed by atoms with Gasteiger partial charge in [0.25, 0.3) is 0 Å². The summed E-state index contributed by atoms with van der Waals surface area (Å²) in [7, 11) is 0. The van der Waals surface area contributed by atoms with E-state index in [0.717, 1.165) is 23.9 Å². The minimum Gasteiger partial charge on any atom is -0.489 e. The molecule has 1 atom stereocenters. The molecule has 1 saturated heterocycles. The maximum atomic E-state index is 6.14. The summed E-state index contributed by atoms with van der Waals surface area (Å²) in [6, 6.07) is 6.59. The highest BCUT2D eigenvalue weighted by Gasteiger charge is 2.27. The fraction of sp³-hybridized carbons (Fsp3) is 0.467. The van der Waals surface area contributed by atoms with E-state index < -0.39 is 0 Å². The molecule has 0 aliphatic carbocycles. The van der Waals surface area contributed by atoms with Gasteiger partial charge in [-0.2, -0.15) is 0 Å². The van der Waals surface area contributed by atoms with Crippen LogP contribution in [0.3, 0.4) is 0 Å². The van der Waals surface area contributed by atoms with Crippen LogP contribution >= 0.6 is 11.6 Å². The molecule has 0 N–H and O–H groups in total. The largest absolute Gasteiger partial charge is 0.489 e. The van der Waals surface area contributed by atoms with Crippen molar-refractivity contribution in [3.05, 3.63) is 28.9 Å². The average Bonchev–Trinajstić information content (AvgIpc) is 2.64. The molecule has 100 valence electrons. The molecule has 1 fully saturated rings. The molecule has 2 aliphatic heterocycles. The number of ether oxygens (including phenoxy) is 1. The monoisotopic (exact) mass is 276 g/mol. The van der Waals surface area contributed by atoms with Crippen LogP contribution in [0.25, 0.3) is 10.9 Å². The Morgan fingerprint density at radius 2 is 2.16 bits per heavy atom. The molecule has 2 aromatic rings. The molecule has 0 spiro atoms. The molecule has 1 unspecified atom stereocenters. The quantitative estimate of drug-likeness (QED) is 0.838. The van der Waals surface area contributed by atoms with Crippen LogP contribution in [0.1, 0.15) is 18.2 Å². The number of nitrogens with zero attached hydrogens (tertiary/aromatic N) is 2. The van der Waals surface area contributed by atoms with Crippen molar-refractivity contribution in [2.75, 3.05) is 26.2 Å². The topological polar surface area (TPSA) is 17.4 Å². The van der Waals surface area contributed by atoms with Crippen LogP contribution in [0, 0.1) is 6.92 Å². The predicted octanol–water partition coefficient (Wildman–Crippen LogP) is 3.24. The van der Waals surface area contributed by atoms with Crippen molar-refractivity contribution < 1.29 is 4.74 Å². The van der Waals surface area contributed by atoms with E-state index in [1.54, 1.807) is 0 Å². The highest BCUT2D eigenvalue weighted by Crippen LogP contribution is 2.38. The van der Waals surface area contributed by atoms with Crippen LogP contribution in [0.15, 0.2) is 18.2 Å². The maximum Gasteiger partial charge on any atom is 0.145 e. The molecule has 3 heterocycles. The van der Waals surface area contributed by atoms with Crippen molar-refractivity contribution >= 4 is 22.5 Å². The maximum absolute atomic E-state index is 6.14. The van der Waals surface area contributed by atoms with Gasteiger partial charge in [-0.3, -0.25) is 0 Å². The summed E-state index contributed by atoms with van der Waals surface area (Å²) in [4.78, 5) is 2.50. The molecule has 1 aromatic carbocycles. The smallest absolute Gasteiger partial charge is 0.145 e. The van der Waals surface area contributed by atoms with Crippen LogP contribution < -0.4 is 4.74 Å². The minimum absolute atomic E-state index is 0.423. The van der Waals surface area contributed by atoms with E-state index >= 15 is 0 Å². The van der Waals surface area contributed by atoms with Crippen molar-refractivity contribution in [3.63, 3.8) is 0 Å². The third-order valence-electron chi connectivity index (χ3n) is 4.27. The molecule has 1 aromatic heterocycles. The molecule has 0 bridgehead atoms. The summed E-state index contributed by atoms with van der Waals surface area (Å²) in [6.07, 6.45) is 1.33. The molecule has 0 saturated carbocycles. The summed E-state index contributed by atoms with van der Waals surface area (Å²) in [5.74, 6) is 0.926. The second kappa shape index (κ2) is 4.15. The Hall–Kier alpha value is -1.19. The van der Waals surface area contributed by atoms with Gasteiger partial charge in [-0.25, -0.2) is 0 Å². The zero-order valence-electron chi connectivity index (χ0n) is 11.0. The van der Waals surface area contributed by atoms with E-state index in [1.165, 1.54) is 36.1 Å². The van der Waals surface area contributed by atoms with Crippen molar-refractivity contribution in [1.82, 2.24) is 9.47 Å². The van der Waals surface area contributed by atoms with Crippen LogP contribution in [-0.2, 0) is 0 Å². The molecule has 0 radical (unpaired) electrons. The molecular formula is C15H17ClN2O. The van der Waals surface area contributed by atoms with E-state index in [4.69, 9.17) is 16.3 Å². The van der Waals surface area contributed by atoms with Crippen molar-refractivity contribution in [2.24, 2.45) is 0 Å². The second-order valence-corrected chi connectivity index (χ2v) is 6.05. The average molecular weight is 277 g/mol. The Morgan fingerprint density at radius 1 is 1.32 bits per heavy atom. The van der Waals surface area contributed by atoms with Gasteiger partial charge in [0.15, 0.2) is 0 Å². The van der Waals surface area contributed by atoms with E-state index in [-0.39, 0.29) is 0 Å². The first-order valence-electron chi connectivity index (χ1n) is 6.88. The molecule has 4 rings (SSSR count). The van der Waals surface area contributed by atoms with Crippen LogP contribution in [-0.4, -0.2) is 35.7 Å². The lowest BCUT2D eigenvalue weighted by Crippen LogP contribution is -2.43. The van der Waals surface area contributed by atoms with Gasteiger partial charge < -0.3 is 14.2 Å². The van der Waals surface area contributed by atoms with Crippen LogP contribution in [0.4, 0.5) is 0 Å². The fourth-order valence-corrected chi connectivity index (χ4v) is 3.49. The predicted molar refractivity (Wildman–Crippen MR) is 77.3 cm³/mol. The number of hydrogen-bond acceptors (Lipinski definition) is 2. The lowest BCUT2D eigenvalue weighted by molar-refractivity contribution is 0.124. The number of aromatic nitrogens is 1. The lowest BCUT2D eigenvalue weighted by Gasteiger charge is -2.36. The Morgan fingerprint density at radius 3 is 2.89 bits per heavy atom. The third-order valence-corrected chi connectivity index (χ3v) is 4.49. The fourth-order valence-electron chi connectivity index (χ4n) is 3.27. The summed E-state index contributed by atoms with van der Waals surface area (Å²) >= 11 is 6.14. The number of likely N-dealkylation sites (tertiary alicyclic amines) is 1. The highest BCUT2D eigenvalue weighted by molar-refractivity contribution is 6.31.